The fraction of sp³-hybridized carbons (Fsp3) is 0.364. The smallest absolute Gasteiger partial charge is 0.398 e. The Bertz CT molecular complexity index is 445. The zero-order valence-corrected chi connectivity index (χ0v) is 10.5. The van der Waals surface area contributed by atoms with E-state index < -0.39 is 31.8 Å². The molecule has 0 aromatic heterocycles. The minimum absolute atomic E-state index is 0.0115. The van der Waals surface area contributed by atoms with Gasteiger partial charge in [-0.05, 0) is 12.1 Å². The molecule has 1 amide bonds. The fourth-order valence-corrected chi connectivity index (χ4v) is 1.78. The van der Waals surface area contributed by atoms with Gasteiger partial charge in [0.1, 0.15) is 6.54 Å². The highest BCUT2D eigenvalue weighted by molar-refractivity contribution is 6.34. The highest BCUT2D eigenvalue weighted by Crippen LogP contribution is 2.25. The summed E-state index contributed by atoms with van der Waals surface area (Å²) >= 11 is 5.77. The number of benzene rings is 1. The second-order valence-electron chi connectivity index (χ2n) is 3.77. The number of hydrogen-bond donors (Lipinski definition) is 2. The summed E-state index contributed by atoms with van der Waals surface area (Å²) in [4.78, 5) is 12.5. The van der Waals surface area contributed by atoms with Gasteiger partial charge < -0.3 is 15.7 Å². The first-order valence-electron chi connectivity index (χ1n) is 5.27. The van der Waals surface area contributed by atoms with Gasteiger partial charge in [0.05, 0.1) is 17.2 Å². The molecule has 1 aromatic rings. The lowest BCUT2D eigenvalue weighted by molar-refractivity contribution is -0.141. The van der Waals surface area contributed by atoms with Gasteiger partial charge in [-0.1, -0.05) is 17.7 Å². The van der Waals surface area contributed by atoms with Crippen molar-refractivity contribution in [2.24, 2.45) is 0 Å². The number of aliphatic hydroxyl groups is 1. The average Bonchev–Trinajstić information content (AvgIpc) is 2.26. The summed E-state index contributed by atoms with van der Waals surface area (Å²) in [6, 6.07) is 4.20. The molecule has 0 heterocycles. The van der Waals surface area contributed by atoms with Crippen LogP contribution in [0.15, 0.2) is 18.2 Å². The van der Waals surface area contributed by atoms with Crippen molar-refractivity contribution >= 4 is 23.2 Å². The molecule has 0 unspecified atom stereocenters. The van der Waals surface area contributed by atoms with E-state index in [0.717, 1.165) is 0 Å². The molecule has 0 aliphatic rings. The van der Waals surface area contributed by atoms with Gasteiger partial charge in [-0.3, -0.25) is 4.79 Å². The van der Waals surface area contributed by atoms with E-state index in [1.165, 1.54) is 18.2 Å². The van der Waals surface area contributed by atoms with Crippen LogP contribution in [0.25, 0.3) is 0 Å². The number of anilines is 1. The second kappa shape index (κ2) is 6.12. The summed E-state index contributed by atoms with van der Waals surface area (Å²) in [7, 11) is 0. The largest absolute Gasteiger partial charge is 0.406 e. The first kappa shape index (κ1) is 15.6. The number of nitrogens with two attached hydrogens (primary N) is 1. The Morgan fingerprint density at radius 3 is 2.53 bits per heavy atom. The molecule has 0 radical (unpaired) electrons. The normalized spacial score (nSPS) is 11.4. The summed E-state index contributed by atoms with van der Waals surface area (Å²) in [5.74, 6) is -0.963. The number of hydrogen-bond acceptors (Lipinski definition) is 3. The lowest BCUT2D eigenvalue weighted by Gasteiger charge is -2.24. The SMILES string of the molecule is Nc1cccc(Cl)c1C(=O)N(CCO)CC(F)(F)F. The minimum Gasteiger partial charge on any atom is -0.398 e. The van der Waals surface area contributed by atoms with Gasteiger partial charge in [0, 0.05) is 12.2 Å². The number of carbonyl (C=O) groups is 1. The monoisotopic (exact) mass is 296 g/mol. The fourth-order valence-electron chi connectivity index (χ4n) is 1.51. The number of nitrogen functional groups attached to an aromatic ring is 1. The van der Waals surface area contributed by atoms with Crippen LogP contribution in [0.5, 0.6) is 0 Å². The zero-order chi connectivity index (χ0) is 14.6. The maximum absolute atomic E-state index is 12.4. The van der Waals surface area contributed by atoms with Gasteiger partial charge in [0.15, 0.2) is 0 Å². The average molecular weight is 297 g/mol. The van der Waals surface area contributed by atoms with Gasteiger partial charge >= 0.3 is 6.18 Å². The second-order valence-corrected chi connectivity index (χ2v) is 4.18. The number of carbonyl (C=O) groups excluding carboxylic acids is 1. The van der Waals surface area contributed by atoms with E-state index in [1.807, 2.05) is 0 Å². The van der Waals surface area contributed by atoms with E-state index in [0.29, 0.717) is 4.90 Å². The van der Waals surface area contributed by atoms with Crippen molar-refractivity contribution in [2.45, 2.75) is 6.18 Å². The summed E-state index contributed by atoms with van der Waals surface area (Å²) in [6.45, 7) is -2.52. The first-order chi connectivity index (χ1) is 8.76. The number of nitrogens with zero attached hydrogens (tertiary/aromatic N) is 1. The molecular formula is C11H12ClF3N2O2. The van der Waals surface area contributed by atoms with Crippen molar-refractivity contribution in [3.63, 3.8) is 0 Å². The lowest BCUT2D eigenvalue weighted by Crippen LogP contribution is -2.41. The van der Waals surface area contributed by atoms with E-state index in [-0.39, 0.29) is 16.3 Å². The molecule has 3 N–H and O–H groups in total. The van der Waals surface area contributed by atoms with E-state index in [9.17, 15) is 18.0 Å². The molecule has 0 saturated heterocycles. The lowest BCUT2D eigenvalue weighted by atomic mass is 10.1. The van der Waals surface area contributed by atoms with Crippen LogP contribution in [0.1, 0.15) is 10.4 Å². The van der Waals surface area contributed by atoms with Gasteiger partial charge in [-0.25, -0.2) is 0 Å². The van der Waals surface area contributed by atoms with E-state index >= 15 is 0 Å². The van der Waals surface area contributed by atoms with Crippen molar-refractivity contribution in [1.29, 1.82) is 0 Å². The molecule has 0 spiro atoms. The van der Waals surface area contributed by atoms with E-state index in [1.54, 1.807) is 0 Å². The predicted octanol–water partition coefficient (Wildman–Crippen LogP) is 1.92. The van der Waals surface area contributed by atoms with Crippen LogP contribution in [0.3, 0.4) is 0 Å². The molecule has 0 bridgehead atoms. The quantitative estimate of drug-likeness (QED) is 0.834. The summed E-state index contributed by atoms with van der Waals surface area (Å²) in [6.07, 6.45) is -4.57. The topological polar surface area (TPSA) is 66.6 Å². The van der Waals surface area contributed by atoms with Gasteiger partial charge in [-0.15, -0.1) is 0 Å². The molecule has 1 aromatic carbocycles. The van der Waals surface area contributed by atoms with Crippen molar-refractivity contribution in [1.82, 2.24) is 4.90 Å². The zero-order valence-electron chi connectivity index (χ0n) is 9.75. The molecule has 19 heavy (non-hydrogen) atoms. The number of amides is 1. The van der Waals surface area contributed by atoms with E-state index in [2.05, 4.69) is 0 Å². The number of halogens is 4. The third kappa shape index (κ3) is 4.29. The highest BCUT2D eigenvalue weighted by Gasteiger charge is 2.34. The molecule has 4 nitrogen and oxygen atoms in total. The molecule has 0 saturated carbocycles. The van der Waals surface area contributed by atoms with Crippen LogP contribution >= 0.6 is 11.6 Å². The molecule has 0 aliphatic heterocycles. The van der Waals surface area contributed by atoms with Crippen molar-refractivity contribution < 1.29 is 23.1 Å². The summed E-state index contributed by atoms with van der Waals surface area (Å²) in [5, 5.41) is 8.71. The molecular weight excluding hydrogens is 285 g/mol. The van der Waals surface area contributed by atoms with Crippen LogP contribution in [-0.2, 0) is 0 Å². The maximum Gasteiger partial charge on any atom is 0.406 e. The van der Waals surface area contributed by atoms with Gasteiger partial charge in [0.25, 0.3) is 5.91 Å². The van der Waals surface area contributed by atoms with Crippen molar-refractivity contribution in [3.05, 3.63) is 28.8 Å². The number of rotatable bonds is 4. The van der Waals surface area contributed by atoms with Crippen LogP contribution in [-0.4, -0.2) is 41.8 Å². The van der Waals surface area contributed by atoms with Crippen LogP contribution in [0.2, 0.25) is 5.02 Å². The number of alkyl halides is 3. The molecule has 8 heteroatoms. The van der Waals surface area contributed by atoms with Crippen LogP contribution < -0.4 is 5.73 Å². The number of aliphatic hydroxyl groups excluding tert-OH is 1. The Balaban J connectivity index is 3.06. The molecule has 1 rings (SSSR count). The Morgan fingerprint density at radius 1 is 1.42 bits per heavy atom. The maximum atomic E-state index is 12.4. The van der Waals surface area contributed by atoms with Crippen LogP contribution in [0, 0.1) is 0 Å². The van der Waals surface area contributed by atoms with Gasteiger partial charge in [-0.2, -0.15) is 13.2 Å². The third-order valence-electron chi connectivity index (χ3n) is 2.29. The van der Waals surface area contributed by atoms with Crippen molar-refractivity contribution in [3.8, 4) is 0 Å². The van der Waals surface area contributed by atoms with E-state index in [4.69, 9.17) is 22.4 Å². The standard InChI is InChI=1S/C11H12ClF3N2O2/c12-7-2-1-3-8(16)9(7)10(19)17(4-5-18)6-11(13,14)15/h1-3,18H,4-6,16H2. The summed E-state index contributed by atoms with van der Waals surface area (Å²) in [5.41, 5.74) is 5.34. The Kier molecular flexibility index (Phi) is 5.02. The minimum atomic E-state index is -4.57. The van der Waals surface area contributed by atoms with Gasteiger partial charge in [0.2, 0.25) is 0 Å². The third-order valence-corrected chi connectivity index (χ3v) is 2.60. The Morgan fingerprint density at radius 2 is 2.05 bits per heavy atom. The molecule has 0 aliphatic carbocycles. The Hall–Kier alpha value is -1.47. The molecule has 106 valence electrons. The Labute approximate surface area is 112 Å². The highest BCUT2D eigenvalue weighted by atomic mass is 35.5. The molecule has 0 fully saturated rings. The predicted molar refractivity (Wildman–Crippen MR) is 64.9 cm³/mol. The van der Waals surface area contributed by atoms with Crippen molar-refractivity contribution in [2.75, 3.05) is 25.4 Å². The first-order valence-corrected chi connectivity index (χ1v) is 5.65. The van der Waals surface area contributed by atoms with Crippen LogP contribution in [0.4, 0.5) is 18.9 Å². The molecule has 0 atom stereocenters. The summed E-state index contributed by atoms with van der Waals surface area (Å²) < 4.78 is 37.1.